The summed E-state index contributed by atoms with van der Waals surface area (Å²) in [6.45, 7) is 3.78. The summed E-state index contributed by atoms with van der Waals surface area (Å²) < 4.78 is 29.6. The molecule has 3 heterocycles. The molecule has 0 radical (unpaired) electrons. The van der Waals surface area contributed by atoms with Crippen molar-refractivity contribution in [3.8, 4) is 22.6 Å². The molecule has 0 saturated carbocycles. The van der Waals surface area contributed by atoms with E-state index in [9.17, 15) is 9.18 Å². The van der Waals surface area contributed by atoms with Crippen molar-refractivity contribution in [2.75, 3.05) is 18.6 Å². The molecule has 0 bridgehead atoms. The number of amides is 1. The number of ether oxygens (including phenoxy) is 2. The highest BCUT2D eigenvalue weighted by Crippen LogP contribution is 2.44. The number of carbonyl (C=O) groups is 1. The van der Waals surface area contributed by atoms with Gasteiger partial charge in [-0.1, -0.05) is 5.16 Å². The van der Waals surface area contributed by atoms with Gasteiger partial charge in [0.25, 0.3) is 5.91 Å². The van der Waals surface area contributed by atoms with Gasteiger partial charge in [-0.3, -0.25) is 14.7 Å². The number of fused-ring (bicyclic) bond motifs is 1. The van der Waals surface area contributed by atoms with Crippen LogP contribution in [0.4, 0.5) is 10.1 Å². The normalized spacial score (nSPS) is 13.3. The van der Waals surface area contributed by atoms with Crippen LogP contribution in [0, 0.1) is 19.7 Å². The van der Waals surface area contributed by atoms with E-state index in [2.05, 4.69) is 10.1 Å². The average Bonchev–Trinajstić information content (AvgIpc) is 3.03. The smallest absolute Gasteiger partial charge is 0.265 e. The van der Waals surface area contributed by atoms with Gasteiger partial charge in [-0.25, -0.2) is 4.39 Å². The van der Waals surface area contributed by atoms with Gasteiger partial charge in [0.1, 0.15) is 23.1 Å². The predicted molar refractivity (Wildman–Crippen MR) is 98.8 cm³/mol. The number of rotatable bonds is 4. The summed E-state index contributed by atoms with van der Waals surface area (Å²) in [6, 6.07) is 6.43. The zero-order valence-corrected chi connectivity index (χ0v) is 15.7. The van der Waals surface area contributed by atoms with Crippen LogP contribution >= 0.6 is 0 Å². The number of hydrogen-bond donors (Lipinski definition) is 0. The summed E-state index contributed by atoms with van der Waals surface area (Å²) in [5.74, 6) is 1.12. The van der Waals surface area contributed by atoms with E-state index >= 15 is 0 Å². The monoisotopic (exact) mass is 383 g/mol. The zero-order chi connectivity index (χ0) is 19.8. The van der Waals surface area contributed by atoms with Crippen molar-refractivity contribution >= 4 is 11.6 Å². The molecule has 144 valence electrons. The average molecular weight is 383 g/mol. The minimum atomic E-state index is -0.428. The van der Waals surface area contributed by atoms with Crippen LogP contribution in [0.5, 0.6) is 11.5 Å². The summed E-state index contributed by atoms with van der Waals surface area (Å²) in [5.41, 5.74) is 3.46. The van der Waals surface area contributed by atoms with E-state index in [1.165, 1.54) is 6.07 Å². The van der Waals surface area contributed by atoms with Crippen molar-refractivity contribution in [3.63, 3.8) is 0 Å². The van der Waals surface area contributed by atoms with Gasteiger partial charge in [-0.05, 0) is 32.0 Å². The first-order chi connectivity index (χ1) is 13.5. The summed E-state index contributed by atoms with van der Waals surface area (Å²) in [5, 5.41) is 4.00. The molecule has 3 aromatic rings. The molecular weight excluding hydrogens is 365 g/mol. The Balaban J connectivity index is 1.79. The Labute approximate surface area is 160 Å². The van der Waals surface area contributed by atoms with Gasteiger partial charge in [0.2, 0.25) is 0 Å². The van der Waals surface area contributed by atoms with E-state index in [4.69, 9.17) is 14.0 Å². The number of carbonyl (C=O) groups excluding carboxylic acids is 1. The number of aryl methyl sites for hydroxylation is 2. The fourth-order valence-corrected chi connectivity index (χ4v) is 3.29. The van der Waals surface area contributed by atoms with E-state index in [1.807, 2.05) is 19.9 Å². The topological polar surface area (TPSA) is 77.7 Å². The van der Waals surface area contributed by atoms with Gasteiger partial charge < -0.3 is 14.0 Å². The largest absolute Gasteiger partial charge is 0.496 e. The van der Waals surface area contributed by atoms with E-state index in [-0.39, 0.29) is 19.1 Å². The quantitative estimate of drug-likeness (QED) is 0.687. The van der Waals surface area contributed by atoms with E-state index in [1.54, 1.807) is 24.1 Å². The van der Waals surface area contributed by atoms with Gasteiger partial charge in [0.15, 0.2) is 6.61 Å². The maximum absolute atomic E-state index is 13.1. The first kappa shape index (κ1) is 18.0. The van der Waals surface area contributed by atoms with Crippen LogP contribution in [-0.2, 0) is 11.3 Å². The molecule has 1 amide bonds. The van der Waals surface area contributed by atoms with Crippen molar-refractivity contribution in [3.05, 3.63) is 53.4 Å². The lowest BCUT2D eigenvalue weighted by Gasteiger charge is -2.30. The highest BCUT2D eigenvalue weighted by Gasteiger charge is 2.29. The van der Waals surface area contributed by atoms with Crippen molar-refractivity contribution in [1.29, 1.82) is 0 Å². The van der Waals surface area contributed by atoms with Gasteiger partial charge in [-0.15, -0.1) is 0 Å². The Bertz CT molecular complexity index is 1030. The molecule has 0 aliphatic carbocycles. The number of anilines is 1. The lowest BCUT2D eigenvalue weighted by atomic mass is 10.0. The summed E-state index contributed by atoms with van der Waals surface area (Å²) in [7, 11) is 1.56. The molecule has 8 heteroatoms. The molecule has 0 fully saturated rings. The van der Waals surface area contributed by atoms with E-state index in [0.717, 1.165) is 23.0 Å². The molecule has 28 heavy (non-hydrogen) atoms. The Hall–Kier alpha value is -3.42. The van der Waals surface area contributed by atoms with Gasteiger partial charge >= 0.3 is 0 Å². The number of aromatic nitrogens is 2. The summed E-state index contributed by atoms with van der Waals surface area (Å²) in [6.07, 6.45) is 1.13. The number of pyridine rings is 1. The number of hydrogen-bond acceptors (Lipinski definition) is 6. The van der Waals surface area contributed by atoms with E-state index in [0.29, 0.717) is 28.6 Å². The van der Waals surface area contributed by atoms with Crippen LogP contribution in [0.25, 0.3) is 11.1 Å². The molecule has 1 aliphatic heterocycles. The van der Waals surface area contributed by atoms with Crippen LogP contribution < -0.4 is 14.4 Å². The van der Waals surface area contributed by atoms with Gasteiger partial charge in [-0.2, -0.15) is 0 Å². The number of methoxy groups -OCH3 is 1. The molecule has 0 saturated heterocycles. The van der Waals surface area contributed by atoms with Crippen LogP contribution in [0.15, 0.2) is 35.0 Å². The first-order valence-corrected chi connectivity index (χ1v) is 8.66. The second kappa shape index (κ2) is 6.95. The fraction of sp³-hybridized carbons (Fsp3) is 0.250. The minimum Gasteiger partial charge on any atom is -0.496 e. The lowest BCUT2D eigenvalue weighted by Crippen LogP contribution is -2.38. The van der Waals surface area contributed by atoms with Crippen molar-refractivity contribution in [2.45, 2.75) is 20.4 Å². The third-order valence-corrected chi connectivity index (χ3v) is 4.64. The minimum absolute atomic E-state index is 0.0957. The molecule has 0 spiro atoms. The molecule has 0 N–H and O–H groups in total. The van der Waals surface area contributed by atoms with Crippen LogP contribution in [0.2, 0.25) is 0 Å². The van der Waals surface area contributed by atoms with E-state index < -0.39 is 5.82 Å². The standard InChI is InChI=1S/C20H18FN3O4/c1-11-20(12(2)28-23-11)15-6-18-16(7-17(15)26-3)24(19(25)10-27-18)9-14-5-4-13(21)8-22-14/h4-8H,9-10H2,1-3H3. The third kappa shape index (κ3) is 3.06. The maximum atomic E-state index is 13.1. The first-order valence-electron chi connectivity index (χ1n) is 8.66. The van der Waals surface area contributed by atoms with Crippen LogP contribution in [-0.4, -0.2) is 29.8 Å². The zero-order valence-electron chi connectivity index (χ0n) is 15.7. The van der Waals surface area contributed by atoms with Gasteiger partial charge in [0.05, 0.1) is 42.5 Å². The van der Waals surface area contributed by atoms with Crippen LogP contribution in [0.1, 0.15) is 17.1 Å². The van der Waals surface area contributed by atoms with Crippen molar-refractivity contribution < 1.29 is 23.2 Å². The Morgan fingerprint density at radius 3 is 2.75 bits per heavy atom. The summed E-state index contributed by atoms with van der Waals surface area (Å²) in [4.78, 5) is 18.1. The molecule has 1 aliphatic rings. The fourth-order valence-electron chi connectivity index (χ4n) is 3.29. The second-order valence-electron chi connectivity index (χ2n) is 6.46. The van der Waals surface area contributed by atoms with Crippen molar-refractivity contribution in [1.82, 2.24) is 10.1 Å². The SMILES string of the molecule is COc1cc2c(cc1-c1c(C)noc1C)OCC(=O)N2Cc1ccc(F)cn1. The highest BCUT2D eigenvalue weighted by atomic mass is 19.1. The highest BCUT2D eigenvalue weighted by molar-refractivity contribution is 5.99. The molecule has 2 aromatic heterocycles. The number of benzene rings is 1. The predicted octanol–water partition coefficient (Wildman–Crippen LogP) is 3.43. The third-order valence-electron chi connectivity index (χ3n) is 4.64. The number of halogens is 1. The molecule has 4 rings (SSSR count). The maximum Gasteiger partial charge on any atom is 0.265 e. The lowest BCUT2D eigenvalue weighted by molar-refractivity contribution is -0.121. The Kier molecular flexibility index (Phi) is 4.46. The molecule has 1 aromatic carbocycles. The Morgan fingerprint density at radius 2 is 2.11 bits per heavy atom. The van der Waals surface area contributed by atoms with Gasteiger partial charge in [0, 0.05) is 11.6 Å². The summed E-state index contributed by atoms with van der Waals surface area (Å²) >= 11 is 0. The molecule has 0 atom stereocenters. The van der Waals surface area contributed by atoms with Crippen molar-refractivity contribution in [2.24, 2.45) is 0 Å². The molecular formula is C20H18FN3O4. The molecule has 7 nitrogen and oxygen atoms in total. The molecule has 0 unspecified atom stereocenters. The number of nitrogens with zero attached hydrogens (tertiary/aromatic N) is 3. The second-order valence-corrected chi connectivity index (χ2v) is 6.46. The Morgan fingerprint density at radius 1 is 1.29 bits per heavy atom. The van der Waals surface area contributed by atoms with Crippen LogP contribution in [0.3, 0.4) is 0 Å².